The van der Waals surface area contributed by atoms with Crippen molar-refractivity contribution < 1.29 is 4.52 Å². The van der Waals surface area contributed by atoms with Crippen LogP contribution in [0.1, 0.15) is 62.6 Å². The number of aromatic nitrogens is 2. The van der Waals surface area contributed by atoms with Gasteiger partial charge in [-0.25, -0.2) is 0 Å². The molecule has 1 saturated carbocycles. The summed E-state index contributed by atoms with van der Waals surface area (Å²) < 4.78 is 5.56. The summed E-state index contributed by atoms with van der Waals surface area (Å²) in [7, 11) is 0. The summed E-state index contributed by atoms with van der Waals surface area (Å²) in [5, 5.41) is 7.79. The molecular formula is C14H23N3OS. The molecule has 0 amide bonds. The third-order valence-corrected chi connectivity index (χ3v) is 5.48. The van der Waals surface area contributed by atoms with Crippen molar-refractivity contribution in [1.82, 2.24) is 15.5 Å². The van der Waals surface area contributed by atoms with Gasteiger partial charge in [0.25, 0.3) is 0 Å². The monoisotopic (exact) mass is 281 g/mol. The Morgan fingerprint density at radius 2 is 2.11 bits per heavy atom. The Morgan fingerprint density at radius 1 is 1.26 bits per heavy atom. The first-order valence-electron chi connectivity index (χ1n) is 7.53. The maximum atomic E-state index is 5.56. The summed E-state index contributed by atoms with van der Waals surface area (Å²) in [6.07, 6.45) is 6.45. The minimum absolute atomic E-state index is 0.398. The smallest absolute Gasteiger partial charge is 0.232 e. The zero-order valence-corrected chi connectivity index (χ0v) is 12.4. The van der Waals surface area contributed by atoms with Crippen molar-refractivity contribution in [3.05, 3.63) is 11.7 Å². The molecule has 1 aliphatic heterocycles. The number of nitrogens with zero attached hydrogens (tertiary/aromatic N) is 2. The Bertz CT molecular complexity index is 403. The number of thioether (sulfide) groups is 1. The maximum Gasteiger partial charge on any atom is 0.232 e. The lowest BCUT2D eigenvalue weighted by Gasteiger charge is -2.18. The fraction of sp³-hybridized carbons (Fsp3) is 0.857. The molecule has 2 unspecified atom stereocenters. The summed E-state index contributed by atoms with van der Waals surface area (Å²) >= 11 is 1.98. The van der Waals surface area contributed by atoms with E-state index in [0.717, 1.165) is 29.8 Å². The van der Waals surface area contributed by atoms with E-state index in [1.54, 1.807) is 0 Å². The first kappa shape index (κ1) is 13.4. The van der Waals surface area contributed by atoms with Crippen molar-refractivity contribution in [3.63, 3.8) is 0 Å². The summed E-state index contributed by atoms with van der Waals surface area (Å²) in [5.41, 5.74) is 0. The van der Waals surface area contributed by atoms with Crippen LogP contribution in [0.15, 0.2) is 4.52 Å². The molecular weight excluding hydrogens is 258 g/mol. The van der Waals surface area contributed by atoms with Gasteiger partial charge in [0.05, 0.1) is 5.92 Å². The van der Waals surface area contributed by atoms with Crippen LogP contribution in [0, 0.1) is 0 Å². The molecule has 19 heavy (non-hydrogen) atoms. The molecule has 106 valence electrons. The van der Waals surface area contributed by atoms with Gasteiger partial charge >= 0.3 is 0 Å². The maximum absolute atomic E-state index is 5.56. The molecule has 0 radical (unpaired) electrons. The first-order chi connectivity index (χ1) is 9.38. The number of nitrogens with one attached hydrogen (secondary N) is 1. The van der Waals surface area contributed by atoms with E-state index in [9.17, 15) is 0 Å². The lowest BCUT2D eigenvalue weighted by molar-refractivity contribution is 0.331. The number of rotatable bonds is 4. The van der Waals surface area contributed by atoms with Crippen LogP contribution in [0.3, 0.4) is 0 Å². The van der Waals surface area contributed by atoms with Crippen molar-refractivity contribution in [2.24, 2.45) is 0 Å². The van der Waals surface area contributed by atoms with E-state index in [1.807, 2.05) is 11.8 Å². The minimum atomic E-state index is 0.398. The SMILES string of the molecule is CCNC1CSCC1c1nc(C2CCCCC2)no1. The molecule has 1 aromatic rings. The summed E-state index contributed by atoms with van der Waals surface area (Å²) in [5.74, 6) is 5.01. The highest BCUT2D eigenvalue weighted by molar-refractivity contribution is 7.99. The molecule has 2 aliphatic rings. The zero-order valence-electron chi connectivity index (χ0n) is 11.6. The van der Waals surface area contributed by atoms with E-state index in [4.69, 9.17) is 9.51 Å². The average Bonchev–Trinajstić information content (AvgIpc) is 3.08. The molecule has 1 aromatic heterocycles. The van der Waals surface area contributed by atoms with Crippen LogP contribution in [0.4, 0.5) is 0 Å². The van der Waals surface area contributed by atoms with Gasteiger partial charge in [-0.15, -0.1) is 0 Å². The summed E-state index contributed by atoms with van der Waals surface area (Å²) in [6.45, 7) is 3.16. The molecule has 0 aromatic carbocycles. The molecule has 2 fully saturated rings. The fourth-order valence-electron chi connectivity index (χ4n) is 3.19. The Kier molecular flexibility index (Phi) is 4.43. The van der Waals surface area contributed by atoms with Gasteiger partial charge in [-0.2, -0.15) is 16.7 Å². The van der Waals surface area contributed by atoms with E-state index < -0.39 is 0 Å². The molecule has 2 atom stereocenters. The Labute approximate surface area is 119 Å². The molecule has 1 saturated heterocycles. The Hall–Kier alpha value is -0.550. The molecule has 1 N–H and O–H groups in total. The van der Waals surface area contributed by atoms with Crippen LogP contribution in [0.2, 0.25) is 0 Å². The molecule has 4 nitrogen and oxygen atoms in total. The highest BCUT2D eigenvalue weighted by Gasteiger charge is 2.33. The molecule has 1 aliphatic carbocycles. The summed E-state index contributed by atoms with van der Waals surface area (Å²) in [6, 6.07) is 0.495. The van der Waals surface area contributed by atoms with Crippen LogP contribution in [0.25, 0.3) is 0 Å². The highest BCUT2D eigenvalue weighted by Crippen LogP contribution is 2.35. The third-order valence-electron chi connectivity index (χ3n) is 4.29. The van der Waals surface area contributed by atoms with E-state index in [1.165, 1.54) is 32.1 Å². The minimum Gasteiger partial charge on any atom is -0.339 e. The van der Waals surface area contributed by atoms with Gasteiger partial charge in [0, 0.05) is 23.5 Å². The van der Waals surface area contributed by atoms with E-state index in [-0.39, 0.29) is 0 Å². The van der Waals surface area contributed by atoms with Crippen LogP contribution < -0.4 is 5.32 Å². The fourth-order valence-corrected chi connectivity index (χ4v) is 4.55. The second-order valence-corrected chi connectivity index (χ2v) is 6.71. The predicted molar refractivity (Wildman–Crippen MR) is 77.7 cm³/mol. The Balaban J connectivity index is 1.69. The Morgan fingerprint density at radius 3 is 2.89 bits per heavy atom. The summed E-state index contributed by atoms with van der Waals surface area (Å²) in [4.78, 5) is 4.72. The van der Waals surface area contributed by atoms with Crippen molar-refractivity contribution in [3.8, 4) is 0 Å². The molecule has 3 rings (SSSR count). The van der Waals surface area contributed by atoms with Gasteiger partial charge < -0.3 is 9.84 Å². The van der Waals surface area contributed by atoms with E-state index in [0.29, 0.717) is 17.9 Å². The second kappa shape index (κ2) is 6.27. The third kappa shape index (κ3) is 2.97. The highest BCUT2D eigenvalue weighted by atomic mass is 32.2. The molecule has 5 heteroatoms. The van der Waals surface area contributed by atoms with Crippen LogP contribution in [0.5, 0.6) is 0 Å². The van der Waals surface area contributed by atoms with Crippen molar-refractivity contribution in [2.75, 3.05) is 18.1 Å². The number of hydrogen-bond donors (Lipinski definition) is 1. The standard InChI is InChI=1S/C14H23N3OS/c1-2-15-12-9-19-8-11(12)14-16-13(17-18-14)10-6-4-3-5-7-10/h10-12,15H,2-9H2,1H3. The lowest BCUT2D eigenvalue weighted by atomic mass is 9.89. The zero-order chi connectivity index (χ0) is 13.1. The van der Waals surface area contributed by atoms with Crippen LogP contribution >= 0.6 is 11.8 Å². The number of hydrogen-bond acceptors (Lipinski definition) is 5. The average molecular weight is 281 g/mol. The van der Waals surface area contributed by atoms with Gasteiger partial charge in [0.2, 0.25) is 5.89 Å². The first-order valence-corrected chi connectivity index (χ1v) is 8.68. The normalized spacial score (nSPS) is 28.9. The van der Waals surface area contributed by atoms with Crippen LogP contribution in [-0.2, 0) is 0 Å². The van der Waals surface area contributed by atoms with Gasteiger partial charge in [0.1, 0.15) is 0 Å². The topological polar surface area (TPSA) is 51.0 Å². The van der Waals surface area contributed by atoms with E-state index >= 15 is 0 Å². The van der Waals surface area contributed by atoms with Gasteiger partial charge in [-0.1, -0.05) is 31.3 Å². The molecule has 0 spiro atoms. The van der Waals surface area contributed by atoms with Crippen molar-refractivity contribution in [1.29, 1.82) is 0 Å². The van der Waals surface area contributed by atoms with Crippen molar-refractivity contribution in [2.45, 2.75) is 56.9 Å². The van der Waals surface area contributed by atoms with Crippen LogP contribution in [-0.4, -0.2) is 34.2 Å². The second-order valence-electron chi connectivity index (χ2n) is 5.63. The quantitative estimate of drug-likeness (QED) is 0.919. The number of likely N-dealkylation sites (N-methyl/N-ethyl adjacent to an activating group) is 1. The molecule has 0 bridgehead atoms. The largest absolute Gasteiger partial charge is 0.339 e. The predicted octanol–water partition coefficient (Wildman–Crippen LogP) is 2.93. The van der Waals surface area contributed by atoms with E-state index in [2.05, 4.69) is 17.4 Å². The van der Waals surface area contributed by atoms with Gasteiger partial charge in [-0.3, -0.25) is 0 Å². The van der Waals surface area contributed by atoms with Gasteiger partial charge in [0.15, 0.2) is 5.82 Å². The lowest BCUT2D eigenvalue weighted by Crippen LogP contribution is -2.34. The van der Waals surface area contributed by atoms with Gasteiger partial charge in [-0.05, 0) is 19.4 Å². The van der Waals surface area contributed by atoms with Crippen molar-refractivity contribution >= 4 is 11.8 Å². The molecule has 2 heterocycles.